The smallest absolute Gasteiger partial charge is 0.416 e. The minimum absolute atomic E-state index is 0.00808. The van der Waals surface area contributed by atoms with Crippen LogP contribution in [0.5, 0.6) is 0 Å². The summed E-state index contributed by atoms with van der Waals surface area (Å²) >= 11 is 0. The van der Waals surface area contributed by atoms with Crippen LogP contribution in [0.3, 0.4) is 0 Å². The van der Waals surface area contributed by atoms with Crippen molar-refractivity contribution in [2.24, 2.45) is 17.8 Å². The Balaban J connectivity index is 1.51. The summed E-state index contributed by atoms with van der Waals surface area (Å²) in [6.07, 6.45) is 1.28. The Morgan fingerprint density at radius 2 is 2.00 bits per heavy atom. The number of rotatable bonds is 4. The molecule has 3 atom stereocenters. The van der Waals surface area contributed by atoms with Crippen LogP contribution in [0.2, 0.25) is 0 Å². The van der Waals surface area contributed by atoms with E-state index in [1.807, 2.05) is 6.08 Å². The van der Waals surface area contributed by atoms with E-state index in [9.17, 15) is 22.8 Å². The van der Waals surface area contributed by atoms with E-state index >= 15 is 0 Å². The summed E-state index contributed by atoms with van der Waals surface area (Å²) in [6, 6.07) is 4.29. The Kier molecular flexibility index (Phi) is 4.34. The van der Waals surface area contributed by atoms with E-state index < -0.39 is 30.2 Å². The fraction of sp³-hybridized carbons (Fsp3) is 0.412. The zero-order valence-electron chi connectivity index (χ0n) is 12.7. The van der Waals surface area contributed by atoms with Gasteiger partial charge < -0.3 is 10.1 Å². The Morgan fingerprint density at radius 3 is 2.62 bits per heavy atom. The quantitative estimate of drug-likeness (QED) is 0.676. The summed E-state index contributed by atoms with van der Waals surface area (Å²) in [5.74, 6) is -0.728. The maximum atomic E-state index is 12.6. The molecule has 0 radical (unpaired) electrons. The van der Waals surface area contributed by atoms with Crippen LogP contribution in [0.4, 0.5) is 18.9 Å². The van der Waals surface area contributed by atoms with E-state index in [4.69, 9.17) is 4.74 Å². The molecule has 1 fully saturated rings. The minimum Gasteiger partial charge on any atom is -0.455 e. The Morgan fingerprint density at radius 1 is 1.21 bits per heavy atom. The molecule has 2 aliphatic rings. The number of hydrogen-bond donors (Lipinski definition) is 1. The predicted octanol–water partition coefficient (Wildman–Crippen LogP) is 3.40. The molecular formula is C17H16F3NO3. The van der Waals surface area contributed by atoms with Gasteiger partial charge in [-0.05, 0) is 42.9 Å². The lowest BCUT2D eigenvalue weighted by Crippen LogP contribution is -2.26. The third-order valence-corrected chi connectivity index (χ3v) is 4.40. The number of esters is 1. The first-order valence-electron chi connectivity index (χ1n) is 7.65. The van der Waals surface area contributed by atoms with Gasteiger partial charge in [-0.15, -0.1) is 0 Å². The molecule has 0 aromatic heterocycles. The van der Waals surface area contributed by atoms with Crippen molar-refractivity contribution >= 4 is 17.6 Å². The van der Waals surface area contributed by atoms with Gasteiger partial charge >= 0.3 is 12.1 Å². The van der Waals surface area contributed by atoms with E-state index in [1.165, 1.54) is 12.1 Å². The summed E-state index contributed by atoms with van der Waals surface area (Å²) in [6.45, 7) is -0.507. The normalized spacial score (nSPS) is 24.9. The highest BCUT2D eigenvalue weighted by Gasteiger charge is 2.40. The summed E-state index contributed by atoms with van der Waals surface area (Å²) in [5, 5.41) is 2.30. The van der Waals surface area contributed by atoms with Crippen LogP contribution in [-0.4, -0.2) is 18.5 Å². The Labute approximate surface area is 136 Å². The molecule has 0 saturated heterocycles. The van der Waals surface area contributed by atoms with E-state index in [1.54, 1.807) is 0 Å². The van der Waals surface area contributed by atoms with Crippen molar-refractivity contribution in [2.75, 3.05) is 11.9 Å². The molecule has 3 rings (SSSR count). The third-order valence-electron chi connectivity index (χ3n) is 4.40. The van der Waals surface area contributed by atoms with Crippen molar-refractivity contribution in [1.29, 1.82) is 0 Å². The van der Waals surface area contributed by atoms with Gasteiger partial charge in [-0.2, -0.15) is 13.2 Å². The summed E-state index contributed by atoms with van der Waals surface area (Å²) in [4.78, 5) is 23.8. The highest BCUT2D eigenvalue weighted by Crippen LogP contribution is 2.43. The van der Waals surface area contributed by atoms with Gasteiger partial charge in [0.1, 0.15) is 0 Å². The SMILES string of the molecule is O=C(COC(=O)[C@H]1C[C@H]2C=C[C@H]1C2)Nc1cccc(C(F)(F)F)c1. The van der Waals surface area contributed by atoms with Gasteiger partial charge in [-0.1, -0.05) is 18.2 Å². The predicted molar refractivity (Wildman–Crippen MR) is 79.9 cm³/mol. The van der Waals surface area contributed by atoms with Gasteiger partial charge in [0.05, 0.1) is 11.5 Å². The van der Waals surface area contributed by atoms with Gasteiger partial charge in [0.15, 0.2) is 6.61 Å². The molecule has 128 valence electrons. The molecule has 4 nitrogen and oxygen atoms in total. The zero-order valence-corrected chi connectivity index (χ0v) is 12.7. The van der Waals surface area contributed by atoms with Crippen LogP contribution in [0.1, 0.15) is 18.4 Å². The molecule has 0 unspecified atom stereocenters. The van der Waals surface area contributed by atoms with Gasteiger partial charge in [-0.3, -0.25) is 9.59 Å². The first-order chi connectivity index (χ1) is 11.3. The van der Waals surface area contributed by atoms with Crippen molar-refractivity contribution in [3.63, 3.8) is 0 Å². The molecule has 1 N–H and O–H groups in total. The highest BCUT2D eigenvalue weighted by molar-refractivity contribution is 5.93. The number of anilines is 1. The first-order valence-corrected chi connectivity index (χ1v) is 7.65. The van der Waals surface area contributed by atoms with Crippen LogP contribution in [-0.2, 0) is 20.5 Å². The molecule has 1 aromatic carbocycles. The summed E-state index contributed by atoms with van der Waals surface area (Å²) in [7, 11) is 0. The number of carbonyl (C=O) groups is 2. The molecule has 0 heterocycles. The molecule has 7 heteroatoms. The van der Waals surface area contributed by atoms with E-state index in [0.29, 0.717) is 5.92 Å². The fourth-order valence-corrected chi connectivity index (χ4v) is 3.27. The van der Waals surface area contributed by atoms with E-state index in [-0.39, 0.29) is 17.5 Å². The Bertz CT molecular complexity index is 684. The Hall–Kier alpha value is -2.31. The maximum Gasteiger partial charge on any atom is 0.416 e. The van der Waals surface area contributed by atoms with Gasteiger partial charge in [-0.25, -0.2) is 0 Å². The molecule has 1 aromatic rings. The third kappa shape index (κ3) is 3.60. The largest absolute Gasteiger partial charge is 0.455 e. The lowest BCUT2D eigenvalue weighted by Gasteiger charge is -2.16. The number of allylic oxidation sites excluding steroid dienone is 2. The molecular weight excluding hydrogens is 323 g/mol. The monoisotopic (exact) mass is 339 g/mol. The minimum atomic E-state index is -4.48. The molecule has 24 heavy (non-hydrogen) atoms. The van der Waals surface area contributed by atoms with Crippen LogP contribution in [0.15, 0.2) is 36.4 Å². The lowest BCUT2D eigenvalue weighted by molar-refractivity contribution is -0.152. The second-order valence-electron chi connectivity index (χ2n) is 6.12. The number of halogens is 3. The first kappa shape index (κ1) is 16.5. The van der Waals surface area contributed by atoms with Crippen LogP contribution >= 0.6 is 0 Å². The second-order valence-corrected chi connectivity index (χ2v) is 6.12. The number of carbonyl (C=O) groups excluding carboxylic acids is 2. The maximum absolute atomic E-state index is 12.6. The number of benzene rings is 1. The number of hydrogen-bond acceptors (Lipinski definition) is 3. The molecule has 2 aliphatic carbocycles. The number of ether oxygens (including phenoxy) is 1. The number of fused-ring (bicyclic) bond motifs is 2. The average Bonchev–Trinajstić information content (AvgIpc) is 3.15. The molecule has 1 amide bonds. The molecule has 1 saturated carbocycles. The zero-order chi connectivity index (χ0) is 17.3. The number of nitrogens with one attached hydrogen (secondary N) is 1. The van der Waals surface area contributed by atoms with Gasteiger partial charge in [0, 0.05) is 5.69 Å². The van der Waals surface area contributed by atoms with Crippen LogP contribution in [0.25, 0.3) is 0 Å². The topological polar surface area (TPSA) is 55.4 Å². The fourth-order valence-electron chi connectivity index (χ4n) is 3.27. The van der Waals surface area contributed by atoms with Crippen molar-refractivity contribution in [2.45, 2.75) is 19.0 Å². The molecule has 0 aliphatic heterocycles. The second kappa shape index (κ2) is 6.30. The standard InChI is InChI=1S/C17H16F3NO3/c18-17(19,20)12-2-1-3-13(8-12)21-15(22)9-24-16(23)14-7-10-4-5-11(14)6-10/h1-5,8,10-11,14H,6-7,9H2,(H,21,22)/t10-,11-,14-/m0/s1. The number of amides is 1. The van der Waals surface area contributed by atoms with E-state index in [2.05, 4.69) is 11.4 Å². The van der Waals surface area contributed by atoms with Gasteiger partial charge in [0.25, 0.3) is 5.91 Å². The van der Waals surface area contributed by atoms with Crippen molar-refractivity contribution in [3.8, 4) is 0 Å². The van der Waals surface area contributed by atoms with Crippen LogP contribution < -0.4 is 5.32 Å². The summed E-state index contributed by atoms with van der Waals surface area (Å²) < 4.78 is 42.9. The summed E-state index contributed by atoms with van der Waals surface area (Å²) in [5.41, 5.74) is -0.847. The molecule has 2 bridgehead atoms. The highest BCUT2D eigenvalue weighted by atomic mass is 19.4. The van der Waals surface area contributed by atoms with Crippen molar-refractivity contribution in [3.05, 3.63) is 42.0 Å². The van der Waals surface area contributed by atoms with Crippen molar-refractivity contribution in [1.82, 2.24) is 0 Å². The number of alkyl halides is 3. The lowest BCUT2D eigenvalue weighted by atomic mass is 9.94. The molecule has 0 spiro atoms. The van der Waals surface area contributed by atoms with Crippen molar-refractivity contribution < 1.29 is 27.5 Å². The average molecular weight is 339 g/mol. The van der Waals surface area contributed by atoms with Gasteiger partial charge in [0.2, 0.25) is 0 Å². The van der Waals surface area contributed by atoms with Crippen LogP contribution in [0, 0.1) is 17.8 Å². The van der Waals surface area contributed by atoms with E-state index in [0.717, 1.165) is 25.0 Å².